The fourth-order valence-electron chi connectivity index (χ4n) is 2.55. The zero-order valence-electron chi connectivity index (χ0n) is 15.1. The first kappa shape index (κ1) is 21.0. The van der Waals surface area contributed by atoms with Gasteiger partial charge in [-0.25, -0.2) is 14.8 Å². The number of carbonyl (C=O) groups is 2. The summed E-state index contributed by atoms with van der Waals surface area (Å²) < 4.78 is 0. The molecule has 1 amide bonds. The third-order valence-electron chi connectivity index (χ3n) is 4.00. The lowest BCUT2D eigenvalue weighted by atomic mass is 10.1. The number of nitrogens with one attached hydrogen (secondary N) is 2. The van der Waals surface area contributed by atoms with Crippen LogP contribution in [-0.2, 0) is 11.2 Å². The van der Waals surface area contributed by atoms with Gasteiger partial charge in [-0.3, -0.25) is 4.79 Å². The number of anilines is 1. The number of thiophene rings is 1. The smallest absolute Gasteiger partial charge is 0.326 e. The van der Waals surface area contributed by atoms with E-state index in [0.717, 1.165) is 4.88 Å². The summed E-state index contributed by atoms with van der Waals surface area (Å²) in [6.45, 7) is 0. The Morgan fingerprint density at radius 2 is 2.00 bits per heavy atom. The van der Waals surface area contributed by atoms with E-state index in [0.29, 0.717) is 32.1 Å². The molecule has 3 N–H and O–H groups in total. The van der Waals surface area contributed by atoms with Crippen molar-refractivity contribution in [3.05, 3.63) is 63.1 Å². The summed E-state index contributed by atoms with van der Waals surface area (Å²) in [5, 5.41) is 15.7. The van der Waals surface area contributed by atoms with Crippen molar-refractivity contribution < 1.29 is 14.7 Å². The third kappa shape index (κ3) is 5.23. The Hall–Kier alpha value is -2.68. The number of rotatable bonds is 7. The number of halogens is 2. The molecule has 0 aliphatic carbocycles. The van der Waals surface area contributed by atoms with E-state index < -0.39 is 17.9 Å². The van der Waals surface area contributed by atoms with Crippen LogP contribution in [0.4, 0.5) is 5.95 Å². The highest BCUT2D eigenvalue weighted by atomic mass is 35.5. The van der Waals surface area contributed by atoms with Gasteiger partial charge in [-0.15, -0.1) is 11.3 Å². The Morgan fingerprint density at radius 3 is 2.69 bits per heavy atom. The van der Waals surface area contributed by atoms with Crippen LogP contribution < -0.4 is 10.6 Å². The van der Waals surface area contributed by atoms with Crippen LogP contribution in [0, 0.1) is 0 Å². The van der Waals surface area contributed by atoms with Crippen molar-refractivity contribution in [2.75, 3.05) is 12.4 Å². The summed E-state index contributed by atoms with van der Waals surface area (Å²) in [7, 11) is 1.71. The van der Waals surface area contributed by atoms with Crippen LogP contribution in [0.2, 0.25) is 10.0 Å². The van der Waals surface area contributed by atoms with Gasteiger partial charge in [0, 0.05) is 29.7 Å². The minimum Gasteiger partial charge on any atom is -0.480 e. The molecule has 0 fully saturated rings. The number of aliphatic carboxylic acids is 1. The maximum atomic E-state index is 12.6. The zero-order chi connectivity index (χ0) is 21.0. The Bertz CT molecular complexity index is 1060. The average Bonchev–Trinajstić information content (AvgIpc) is 3.19. The Kier molecular flexibility index (Phi) is 6.68. The number of carbonyl (C=O) groups excluding carboxylic acids is 1. The van der Waals surface area contributed by atoms with Crippen LogP contribution in [0.25, 0.3) is 10.6 Å². The molecule has 10 heteroatoms. The lowest BCUT2D eigenvalue weighted by molar-refractivity contribution is -0.139. The average molecular weight is 451 g/mol. The molecular weight excluding hydrogens is 435 g/mol. The van der Waals surface area contributed by atoms with Crippen molar-refractivity contribution in [3.63, 3.8) is 0 Å². The second kappa shape index (κ2) is 9.21. The number of nitrogens with zero attached hydrogens (tertiary/aromatic N) is 2. The molecule has 7 nitrogen and oxygen atoms in total. The first-order valence-corrected chi connectivity index (χ1v) is 10.0. The van der Waals surface area contributed by atoms with E-state index in [-0.39, 0.29) is 6.42 Å². The molecule has 0 unspecified atom stereocenters. The van der Waals surface area contributed by atoms with Crippen LogP contribution in [-0.4, -0.2) is 40.0 Å². The fourth-order valence-corrected chi connectivity index (χ4v) is 3.92. The van der Waals surface area contributed by atoms with Crippen molar-refractivity contribution in [1.82, 2.24) is 15.3 Å². The summed E-state index contributed by atoms with van der Waals surface area (Å²) in [6, 6.07) is 8.78. The fraction of sp³-hybridized carbons (Fsp3) is 0.158. The van der Waals surface area contributed by atoms with E-state index in [1.807, 2.05) is 0 Å². The normalized spacial score (nSPS) is 11.7. The van der Waals surface area contributed by atoms with Crippen LogP contribution >= 0.6 is 34.5 Å². The largest absolute Gasteiger partial charge is 0.480 e. The van der Waals surface area contributed by atoms with Gasteiger partial charge >= 0.3 is 5.97 Å². The van der Waals surface area contributed by atoms with E-state index >= 15 is 0 Å². The predicted octanol–water partition coefficient (Wildman–Crippen LogP) is 3.98. The molecule has 1 aromatic carbocycles. The SMILES string of the molecule is CNc1nccc(-c2ccc(C(=O)N[C@@H](Cc3ccc(Cl)cc3Cl)C(=O)O)s2)n1. The molecule has 3 rings (SSSR count). The van der Waals surface area contributed by atoms with Gasteiger partial charge in [0.2, 0.25) is 5.95 Å². The standard InChI is InChI=1S/C19H16Cl2N4O3S/c1-22-19-23-7-6-13(25-19)15-4-5-16(29-15)17(26)24-14(18(27)28)8-10-2-3-11(20)9-12(10)21/h2-7,9,14H,8H2,1H3,(H,24,26)(H,27,28)(H,22,23,25)/t14-/m0/s1. The van der Waals surface area contributed by atoms with Crippen LogP contribution in [0.15, 0.2) is 42.6 Å². The van der Waals surface area contributed by atoms with Gasteiger partial charge in [-0.1, -0.05) is 29.3 Å². The topological polar surface area (TPSA) is 104 Å². The van der Waals surface area contributed by atoms with Crippen molar-refractivity contribution in [2.24, 2.45) is 0 Å². The highest BCUT2D eigenvalue weighted by molar-refractivity contribution is 7.17. The number of amides is 1. The molecular formula is C19H16Cl2N4O3S. The molecule has 0 saturated heterocycles. The summed E-state index contributed by atoms with van der Waals surface area (Å²) in [5.74, 6) is -1.18. The lowest BCUT2D eigenvalue weighted by Gasteiger charge is -2.15. The monoisotopic (exact) mass is 450 g/mol. The van der Waals surface area contributed by atoms with Crippen molar-refractivity contribution >= 4 is 52.4 Å². The van der Waals surface area contributed by atoms with E-state index in [1.54, 1.807) is 43.6 Å². The second-order valence-corrected chi connectivity index (χ2v) is 7.91. The lowest BCUT2D eigenvalue weighted by Crippen LogP contribution is -2.42. The third-order valence-corrected chi connectivity index (χ3v) is 5.70. The summed E-state index contributed by atoms with van der Waals surface area (Å²) >= 11 is 13.2. The van der Waals surface area contributed by atoms with Crippen LogP contribution in [0.1, 0.15) is 15.2 Å². The van der Waals surface area contributed by atoms with Crippen molar-refractivity contribution in [1.29, 1.82) is 0 Å². The number of aromatic nitrogens is 2. The molecule has 2 heterocycles. The van der Waals surface area contributed by atoms with E-state index in [2.05, 4.69) is 20.6 Å². The Labute approximate surface area is 180 Å². The molecule has 0 radical (unpaired) electrons. The van der Waals surface area contributed by atoms with Gasteiger partial charge in [0.1, 0.15) is 6.04 Å². The molecule has 3 aromatic rings. The second-order valence-electron chi connectivity index (χ2n) is 5.98. The molecule has 150 valence electrons. The molecule has 0 spiro atoms. The summed E-state index contributed by atoms with van der Waals surface area (Å²) in [6.07, 6.45) is 1.65. The molecule has 0 aliphatic rings. The molecule has 29 heavy (non-hydrogen) atoms. The molecule has 0 saturated carbocycles. The van der Waals surface area contributed by atoms with Crippen molar-refractivity contribution in [2.45, 2.75) is 12.5 Å². The molecule has 0 aliphatic heterocycles. The highest BCUT2D eigenvalue weighted by Gasteiger charge is 2.23. The summed E-state index contributed by atoms with van der Waals surface area (Å²) in [5.41, 5.74) is 1.24. The maximum Gasteiger partial charge on any atom is 0.326 e. The highest BCUT2D eigenvalue weighted by Crippen LogP contribution is 2.27. The number of hydrogen-bond donors (Lipinski definition) is 3. The minimum absolute atomic E-state index is 0.0345. The van der Waals surface area contributed by atoms with Gasteiger partial charge < -0.3 is 15.7 Å². The number of hydrogen-bond acceptors (Lipinski definition) is 6. The summed E-state index contributed by atoms with van der Waals surface area (Å²) in [4.78, 5) is 33.8. The predicted molar refractivity (Wildman–Crippen MR) is 114 cm³/mol. The van der Waals surface area contributed by atoms with Crippen LogP contribution in [0.3, 0.4) is 0 Å². The number of carboxylic acid groups (broad SMARTS) is 1. The van der Waals surface area contributed by atoms with Gasteiger partial charge in [0.05, 0.1) is 15.4 Å². The molecule has 2 aromatic heterocycles. The van der Waals surface area contributed by atoms with E-state index in [4.69, 9.17) is 23.2 Å². The van der Waals surface area contributed by atoms with E-state index in [1.165, 1.54) is 17.4 Å². The number of benzene rings is 1. The van der Waals surface area contributed by atoms with Gasteiger partial charge in [0.15, 0.2) is 0 Å². The van der Waals surface area contributed by atoms with Gasteiger partial charge in [0.25, 0.3) is 5.91 Å². The maximum absolute atomic E-state index is 12.6. The molecule has 1 atom stereocenters. The van der Waals surface area contributed by atoms with Gasteiger partial charge in [-0.05, 0) is 35.9 Å². The Balaban J connectivity index is 1.75. The van der Waals surface area contributed by atoms with E-state index in [9.17, 15) is 14.7 Å². The number of carboxylic acids is 1. The van der Waals surface area contributed by atoms with Crippen LogP contribution in [0.5, 0.6) is 0 Å². The van der Waals surface area contributed by atoms with Gasteiger partial charge in [-0.2, -0.15) is 0 Å². The first-order valence-electron chi connectivity index (χ1n) is 8.46. The molecule has 0 bridgehead atoms. The minimum atomic E-state index is -1.16. The van der Waals surface area contributed by atoms with Crippen molar-refractivity contribution in [3.8, 4) is 10.6 Å². The zero-order valence-corrected chi connectivity index (χ0v) is 17.5. The quantitative estimate of drug-likeness (QED) is 0.502. The first-order chi connectivity index (χ1) is 13.9. The Morgan fingerprint density at radius 1 is 1.21 bits per heavy atom.